The molecule has 0 amide bonds. The van der Waals surface area contributed by atoms with Crippen LogP contribution in [0.15, 0.2) is 24.3 Å². The van der Waals surface area contributed by atoms with Crippen LogP contribution in [-0.2, 0) is 6.42 Å². The molecule has 3 rings (SSSR count). The first-order valence-electron chi connectivity index (χ1n) is 5.40. The van der Waals surface area contributed by atoms with Crippen molar-refractivity contribution in [2.24, 2.45) is 0 Å². The van der Waals surface area contributed by atoms with Crippen molar-refractivity contribution in [2.75, 3.05) is 5.32 Å². The lowest BCUT2D eigenvalue weighted by atomic mass is 10.1. The molecule has 2 aromatic rings. The number of nitrogens with one attached hydrogen (secondary N) is 1. The first-order valence-corrected chi connectivity index (χ1v) is 5.40. The van der Waals surface area contributed by atoms with E-state index in [0.29, 0.717) is 6.04 Å². The third-order valence-electron chi connectivity index (χ3n) is 3.04. The van der Waals surface area contributed by atoms with Crippen molar-refractivity contribution in [2.45, 2.75) is 26.3 Å². The minimum absolute atomic E-state index is 0.518. The fraction of sp³-hybridized carbons (Fsp3) is 0.308. The van der Waals surface area contributed by atoms with Crippen LogP contribution < -0.4 is 5.32 Å². The van der Waals surface area contributed by atoms with Crippen LogP contribution in [0.4, 0.5) is 5.82 Å². The van der Waals surface area contributed by atoms with Gasteiger partial charge in [-0.1, -0.05) is 18.2 Å². The number of hydrogen-bond acceptors (Lipinski definition) is 2. The summed E-state index contributed by atoms with van der Waals surface area (Å²) in [6.45, 7) is 4.30. The normalized spacial score (nSPS) is 18.9. The number of anilines is 1. The molecule has 1 atom stereocenters. The Hall–Kier alpha value is -1.57. The molecule has 0 radical (unpaired) electrons. The number of nitrogens with zero attached hydrogens (tertiary/aromatic N) is 1. The highest BCUT2D eigenvalue weighted by atomic mass is 15.0. The summed E-state index contributed by atoms with van der Waals surface area (Å²) >= 11 is 0. The zero-order valence-corrected chi connectivity index (χ0v) is 9.04. The topological polar surface area (TPSA) is 24.9 Å². The second-order valence-corrected chi connectivity index (χ2v) is 4.39. The lowest BCUT2D eigenvalue weighted by molar-refractivity contribution is 0.839. The molecule has 2 heterocycles. The van der Waals surface area contributed by atoms with E-state index in [9.17, 15) is 0 Å². The number of fused-ring (bicyclic) bond motifs is 2. The van der Waals surface area contributed by atoms with Crippen LogP contribution in [0, 0.1) is 6.92 Å². The second-order valence-electron chi connectivity index (χ2n) is 4.39. The van der Waals surface area contributed by atoms with E-state index in [1.807, 2.05) is 0 Å². The Bertz CT molecular complexity index is 531. The summed E-state index contributed by atoms with van der Waals surface area (Å²) in [5.74, 6) is 1.07. The molecule has 0 saturated carbocycles. The van der Waals surface area contributed by atoms with Gasteiger partial charge in [0, 0.05) is 11.4 Å². The van der Waals surface area contributed by atoms with Crippen LogP contribution in [-0.4, -0.2) is 11.0 Å². The number of hydrogen-bond donors (Lipinski definition) is 1. The smallest absolute Gasteiger partial charge is 0.130 e. The summed E-state index contributed by atoms with van der Waals surface area (Å²) in [6.07, 6.45) is 1.09. The van der Waals surface area contributed by atoms with E-state index in [4.69, 9.17) is 4.98 Å². The van der Waals surface area contributed by atoms with Crippen molar-refractivity contribution < 1.29 is 0 Å². The molecule has 1 aromatic carbocycles. The number of para-hydroxylation sites is 1. The Labute approximate surface area is 89.3 Å². The predicted octanol–water partition coefficient (Wildman–Crippen LogP) is 2.90. The van der Waals surface area contributed by atoms with Gasteiger partial charge in [0.05, 0.1) is 5.52 Å². The highest BCUT2D eigenvalue weighted by molar-refractivity contribution is 5.85. The Morgan fingerprint density at radius 2 is 2.27 bits per heavy atom. The van der Waals surface area contributed by atoms with E-state index in [1.54, 1.807) is 0 Å². The molecule has 0 bridgehead atoms. The number of rotatable bonds is 0. The molecule has 1 aliphatic rings. The molecule has 0 spiro atoms. The zero-order chi connectivity index (χ0) is 10.4. The van der Waals surface area contributed by atoms with Crippen molar-refractivity contribution in [1.82, 2.24) is 4.98 Å². The molecule has 1 N–H and O–H groups in total. The Kier molecular flexibility index (Phi) is 1.72. The van der Waals surface area contributed by atoms with Crippen LogP contribution in [0.5, 0.6) is 0 Å². The first-order chi connectivity index (χ1) is 7.24. The monoisotopic (exact) mass is 198 g/mol. The Morgan fingerprint density at radius 3 is 3.13 bits per heavy atom. The molecule has 15 heavy (non-hydrogen) atoms. The third kappa shape index (κ3) is 1.29. The molecular weight excluding hydrogens is 184 g/mol. The minimum atomic E-state index is 0.518. The van der Waals surface area contributed by atoms with E-state index in [0.717, 1.165) is 17.8 Å². The zero-order valence-electron chi connectivity index (χ0n) is 9.04. The molecule has 1 unspecified atom stereocenters. The summed E-state index contributed by atoms with van der Waals surface area (Å²) in [7, 11) is 0. The van der Waals surface area contributed by atoms with Crippen molar-refractivity contribution in [3.8, 4) is 0 Å². The standard InChI is InChI=1S/C13H14N2/c1-8-4-3-5-10-7-11-6-9(2)14-13(11)15-12(8)10/h3-5,7,9H,6H2,1-2H3,(H,14,15). The molecule has 1 aromatic heterocycles. The van der Waals surface area contributed by atoms with Gasteiger partial charge >= 0.3 is 0 Å². The number of benzene rings is 1. The average Bonchev–Trinajstić information content (AvgIpc) is 2.55. The third-order valence-corrected chi connectivity index (χ3v) is 3.04. The van der Waals surface area contributed by atoms with E-state index in [-0.39, 0.29) is 0 Å². The maximum atomic E-state index is 4.69. The van der Waals surface area contributed by atoms with Crippen molar-refractivity contribution >= 4 is 16.7 Å². The highest BCUT2D eigenvalue weighted by Gasteiger charge is 2.18. The van der Waals surface area contributed by atoms with Gasteiger partial charge < -0.3 is 5.32 Å². The molecular formula is C13H14N2. The fourth-order valence-corrected chi connectivity index (χ4v) is 2.29. The van der Waals surface area contributed by atoms with Crippen LogP contribution in [0.3, 0.4) is 0 Å². The quantitative estimate of drug-likeness (QED) is 0.704. The minimum Gasteiger partial charge on any atom is -0.367 e. The lowest BCUT2D eigenvalue weighted by Gasteiger charge is -2.05. The molecule has 1 aliphatic heterocycles. The largest absolute Gasteiger partial charge is 0.367 e. The summed E-state index contributed by atoms with van der Waals surface area (Å²) < 4.78 is 0. The molecule has 0 saturated heterocycles. The maximum Gasteiger partial charge on any atom is 0.130 e. The molecule has 2 nitrogen and oxygen atoms in total. The van der Waals surface area contributed by atoms with Gasteiger partial charge in [-0.15, -0.1) is 0 Å². The Balaban J connectivity index is 2.30. The molecule has 0 fully saturated rings. The highest BCUT2D eigenvalue weighted by Crippen LogP contribution is 2.28. The van der Waals surface area contributed by atoms with Gasteiger partial charge in [0.1, 0.15) is 5.82 Å². The van der Waals surface area contributed by atoms with Gasteiger partial charge in [-0.25, -0.2) is 4.98 Å². The van der Waals surface area contributed by atoms with Crippen LogP contribution >= 0.6 is 0 Å². The summed E-state index contributed by atoms with van der Waals surface area (Å²) in [6, 6.07) is 9.13. The van der Waals surface area contributed by atoms with Gasteiger partial charge in [0.2, 0.25) is 0 Å². The molecule has 2 heteroatoms. The van der Waals surface area contributed by atoms with Crippen molar-refractivity contribution in [1.29, 1.82) is 0 Å². The second kappa shape index (κ2) is 2.96. The van der Waals surface area contributed by atoms with Crippen molar-refractivity contribution in [3.63, 3.8) is 0 Å². The Morgan fingerprint density at radius 1 is 1.40 bits per heavy atom. The van der Waals surface area contributed by atoms with Gasteiger partial charge in [0.15, 0.2) is 0 Å². The van der Waals surface area contributed by atoms with Crippen LogP contribution in [0.25, 0.3) is 10.9 Å². The molecule has 0 aliphatic carbocycles. The van der Waals surface area contributed by atoms with E-state index >= 15 is 0 Å². The maximum absolute atomic E-state index is 4.69. The van der Waals surface area contributed by atoms with Gasteiger partial charge in [-0.3, -0.25) is 0 Å². The molecule has 76 valence electrons. The summed E-state index contributed by atoms with van der Waals surface area (Å²) in [5.41, 5.74) is 3.72. The lowest BCUT2D eigenvalue weighted by Crippen LogP contribution is -2.08. The van der Waals surface area contributed by atoms with E-state index in [1.165, 1.54) is 16.5 Å². The van der Waals surface area contributed by atoms with Gasteiger partial charge in [0.25, 0.3) is 0 Å². The van der Waals surface area contributed by atoms with E-state index < -0.39 is 0 Å². The fourth-order valence-electron chi connectivity index (χ4n) is 2.29. The van der Waals surface area contributed by atoms with Crippen molar-refractivity contribution in [3.05, 3.63) is 35.4 Å². The van der Waals surface area contributed by atoms with E-state index in [2.05, 4.69) is 43.4 Å². The first kappa shape index (κ1) is 8.72. The SMILES string of the molecule is Cc1cccc2cc3c(nc12)NC(C)C3. The van der Waals surface area contributed by atoms with Gasteiger partial charge in [-0.2, -0.15) is 0 Å². The van der Waals surface area contributed by atoms with Crippen LogP contribution in [0.2, 0.25) is 0 Å². The van der Waals surface area contributed by atoms with Gasteiger partial charge in [-0.05, 0) is 37.5 Å². The average molecular weight is 198 g/mol. The summed E-state index contributed by atoms with van der Waals surface area (Å²) in [5, 5.41) is 4.66. The summed E-state index contributed by atoms with van der Waals surface area (Å²) in [4.78, 5) is 4.69. The van der Waals surface area contributed by atoms with Crippen LogP contribution in [0.1, 0.15) is 18.1 Å². The number of aromatic nitrogens is 1. The number of aryl methyl sites for hydroxylation is 1. The predicted molar refractivity (Wildman–Crippen MR) is 63.3 cm³/mol. The number of pyridine rings is 1.